The highest BCUT2D eigenvalue weighted by Gasteiger charge is 2.20. The fourth-order valence-corrected chi connectivity index (χ4v) is 3.62. The van der Waals surface area contributed by atoms with E-state index < -0.39 is 11.6 Å². The van der Waals surface area contributed by atoms with Crippen LogP contribution in [-0.4, -0.2) is 73.8 Å². The van der Waals surface area contributed by atoms with E-state index in [0.717, 1.165) is 6.07 Å². The number of hydrogen-bond acceptors (Lipinski definition) is 10. The maximum absolute atomic E-state index is 14.0. The highest BCUT2D eigenvalue weighted by atomic mass is 19.1. The van der Waals surface area contributed by atoms with Crippen LogP contribution in [0.1, 0.15) is 5.76 Å². The molecule has 0 saturated carbocycles. The minimum absolute atomic E-state index is 0.164. The van der Waals surface area contributed by atoms with Gasteiger partial charge in [-0.2, -0.15) is 20.1 Å². The summed E-state index contributed by atoms with van der Waals surface area (Å²) in [6.07, 6.45) is 1.43. The van der Waals surface area contributed by atoms with E-state index in [1.165, 1.54) is 18.3 Å². The van der Waals surface area contributed by atoms with Crippen LogP contribution in [0.25, 0.3) is 11.3 Å². The summed E-state index contributed by atoms with van der Waals surface area (Å²) >= 11 is 0. The average Bonchev–Trinajstić information content (AvgIpc) is 3.33. The molecule has 0 radical (unpaired) electrons. The van der Waals surface area contributed by atoms with Crippen LogP contribution in [-0.2, 0) is 9.47 Å². The van der Waals surface area contributed by atoms with Gasteiger partial charge in [0.2, 0.25) is 17.8 Å². The van der Waals surface area contributed by atoms with E-state index in [0.29, 0.717) is 70.3 Å². The summed E-state index contributed by atoms with van der Waals surface area (Å²) in [6, 6.07) is 6.54. The predicted octanol–water partition coefficient (Wildman–Crippen LogP) is 2.53. The second kappa shape index (κ2) is 10.1. The van der Waals surface area contributed by atoms with Gasteiger partial charge in [-0.15, -0.1) is 0 Å². The van der Waals surface area contributed by atoms with Crippen LogP contribution in [0.15, 0.2) is 39.9 Å². The SMILES string of the molecule is Fc1ccc(-c2ccc(/C=N\Nc3nc(N4CCOCC4)nc(N4CCOCC4)n3)o2)c(F)c1. The Labute approximate surface area is 194 Å². The average molecular weight is 471 g/mol. The molecule has 0 amide bonds. The minimum atomic E-state index is -0.701. The van der Waals surface area contributed by atoms with Crippen LogP contribution in [0.5, 0.6) is 0 Å². The molecule has 1 aromatic carbocycles. The second-order valence-electron chi connectivity index (χ2n) is 7.65. The Balaban J connectivity index is 1.33. The fraction of sp³-hybridized carbons (Fsp3) is 0.364. The molecule has 0 spiro atoms. The van der Waals surface area contributed by atoms with Crippen molar-refractivity contribution in [1.82, 2.24) is 15.0 Å². The highest BCUT2D eigenvalue weighted by Crippen LogP contribution is 2.25. The van der Waals surface area contributed by atoms with Crippen molar-refractivity contribution in [2.75, 3.05) is 67.8 Å². The normalized spacial score (nSPS) is 16.9. The zero-order valence-electron chi connectivity index (χ0n) is 18.3. The lowest BCUT2D eigenvalue weighted by atomic mass is 10.1. The number of morpholine rings is 2. The summed E-state index contributed by atoms with van der Waals surface area (Å²) < 4.78 is 43.6. The third-order valence-electron chi connectivity index (χ3n) is 5.38. The van der Waals surface area contributed by atoms with Crippen molar-refractivity contribution >= 4 is 24.1 Å². The lowest BCUT2D eigenvalue weighted by molar-refractivity contribution is 0.121. The molecule has 12 heteroatoms. The lowest BCUT2D eigenvalue weighted by Crippen LogP contribution is -2.40. The standard InChI is InChI=1S/C22H23F2N7O3/c23-15-1-3-17(18(24)13-15)19-4-2-16(34-19)14-25-29-20-26-21(30-5-9-32-10-6-30)28-22(27-20)31-7-11-33-12-8-31/h1-4,13-14H,5-12H2,(H,26,27,28,29)/b25-14-. The number of halogens is 2. The van der Waals surface area contributed by atoms with Crippen molar-refractivity contribution in [3.05, 3.63) is 47.7 Å². The molecule has 3 aromatic rings. The number of nitrogens with zero attached hydrogens (tertiary/aromatic N) is 6. The lowest BCUT2D eigenvalue weighted by Gasteiger charge is -2.30. The third kappa shape index (κ3) is 5.13. The third-order valence-corrected chi connectivity index (χ3v) is 5.38. The van der Waals surface area contributed by atoms with Crippen molar-refractivity contribution in [2.24, 2.45) is 5.10 Å². The van der Waals surface area contributed by atoms with Gasteiger partial charge in [0.1, 0.15) is 23.2 Å². The Morgan fingerprint density at radius 3 is 2.12 bits per heavy atom. The van der Waals surface area contributed by atoms with Crippen molar-refractivity contribution in [2.45, 2.75) is 0 Å². The molecule has 0 atom stereocenters. The van der Waals surface area contributed by atoms with Gasteiger partial charge in [-0.25, -0.2) is 14.2 Å². The van der Waals surface area contributed by atoms with Crippen LogP contribution in [0.2, 0.25) is 0 Å². The Morgan fingerprint density at radius 1 is 0.853 bits per heavy atom. The second-order valence-corrected chi connectivity index (χ2v) is 7.65. The number of ether oxygens (including phenoxy) is 2. The van der Waals surface area contributed by atoms with Gasteiger partial charge < -0.3 is 23.7 Å². The van der Waals surface area contributed by atoms with E-state index in [1.807, 2.05) is 9.80 Å². The van der Waals surface area contributed by atoms with Gasteiger partial charge in [0.15, 0.2) is 0 Å². The van der Waals surface area contributed by atoms with Gasteiger partial charge in [0.05, 0.1) is 38.2 Å². The summed E-state index contributed by atoms with van der Waals surface area (Å²) in [6.45, 7) is 5.16. The Hall–Kier alpha value is -3.64. The molecule has 0 unspecified atom stereocenters. The largest absolute Gasteiger partial charge is 0.455 e. The van der Waals surface area contributed by atoms with Gasteiger partial charge >= 0.3 is 0 Å². The first-order valence-electron chi connectivity index (χ1n) is 10.9. The molecular formula is C22H23F2N7O3. The zero-order valence-corrected chi connectivity index (χ0v) is 18.3. The molecule has 4 heterocycles. The molecule has 178 valence electrons. The predicted molar refractivity (Wildman–Crippen MR) is 121 cm³/mol. The summed E-state index contributed by atoms with van der Waals surface area (Å²) in [7, 11) is 0. The van der Waals surface area contributed by atoms with Gasteiger partial charge in [0, 0.05) is 32.2 Å². The summed E-state index contributed by atoms with van der Waals surface area (Å²) in [4.78, 5) is 17.7. The van der Waals surface area contributed by atoms with Crippen LogP contribution >= 0.6 is 0 Å². The smallest absolute Gasteiger partial charge is 0.250 e. The number of hydrogen-bond donors (Lipinski definition) is 1. The van der Waals surface area contributed by atoms with E-state index in [-0.39, 0.29) is 17.3 Å². The maximum atomic E-state index is 14.0. The number of nitrogens with one attached hydrogen (secondary N) is 1. The molecule has 0 aliphatic carbocycles. The van der Waals surface area contributed by atoms with E-state index in [2.05, 4.69) is 25.5 Å². The van der Waals surface area contributed by atoms with Gasteiger partial charge in [-0.3, -0.25) is 0 Å². The Kier molecular flexibility index (Phi) is 6.58. The first-order chi connectivity index (χ1) is 16.7. The topological polar surface area (TPSA) is 101 Å². The number of anilines is 3. The van der Waals surface area contributed by atoms with Gasteiger partial charge in [-0.05, 0) is 24.3 Å². The molecule has 2 saturated heterocycles. The van der Waals surface area contributed by atoms with Crippen molar-refractivity contribution < 1.29 is 22.7 Å². The number of benzene rings is 1. The highest BCUT2D eigenvalue weighted by molar-refractivity contribution is 5.78. The molecule has 0 bridgehead atoms. The van der Waals surface area contributed by atoms with Crippen LogP contribution in [0.4, 0.5) is 26.6 Å². The van der Waals surface area contributed by atoms with E-state index in [1.54, 1.807) is 12.1 Å². The number of rotatable bonds is 6. The number of furan rings is 1. The Bertz CT molecular complexity index is 1120. The van der Waals surface area contributed by atoms with E-state index >= 15 is 0 Å². The maximum Gasteiger partial charge on any atom is 0.250 e. The molecule has 5 rings (SSSR count). The quantitative estimate of drug-likeness (QED) is 0.429. The summed E-state index contributed by atoms with van der Waals surface area (Å²) in [5, 5.41) is 4.17. The van der Waals surface area contributed by atoms with Crippen molar-refractivity contribution in [1.29, 1.82) is 0 Å². The summed E-state index contributed by atoms with van der Waals surface area (Å²) in [5.41, 5.74) is 2.99. The van der Waals surface area contributed by atoms with Crippen molar-refractivity contribution in [3.8, 4) is 11.3 Å². The van der Waals surface area contributed by atoms with E-state index in [4.69, 9.17) is 13.9 Å². The monoisotopic (exact) mass is 471 g/mol. The molecule has 10 nitrogen and oxygen atoms in total. The summed E-state index contributed by atoms with van der Waals surface area (Å²) in [5.74, 6) is 0.668. The fourth-order valence-electron chi connectivity index (χ4n) is 3.62. The van der Waals surface area contributed by atoms with E-state index in [9.17, 15) is 8.78 Å². The molecule has 1 N–H and O–H groups in total. The molecule has 2 aliphatic heterocycles. The van der Waals surface area contributed by atoms with Gasteiger partial charge in [0.25, 0.3) is 0 Å². The molecule has 34 heavy (non-hydrogen) atoms. The molecule has 2 aliphatic rings. The number of aromatic nitrogens is 3. The Morgan fingerprint density at radius 2 is 1.50 bits per heavy atom. The van der Waals surface area contributed by atoms with Gasteiger partial charge in [-0.1, -0.05) is 0 Å². The molecular weight excluding hydrogens is 448 g/mol. The van der Waals surface area contributed by atoms with Crippen LogP contribution in [0, 0.1) is 11.6 Å². The number of hydrazone groups is 1. The minimum Gasteiger partial charge on any atom is -0.455 e. The van der Waals surface area contributed by atoms with Crippen LogP contribution < -0.4 is 15.2 Å². The first kappa shape index (κ1) is 22.2. The zero-order chi connectivity index (χ0) is 23.3. The van der Waals surface area contributed by atoms with Crippen molar-refractivity contribution in [3.63, 3.8) is 0 Å². The molecule has 2 aromatic heterocycles. The first-order valence-corrected chi connectivity index (χ1v) is 10.9. The molecule has 2 fully saturated rings. The van der Waals surface area contributed by atoms with Crippen LogP contribution in [0.3, 0.4) is 0 Å².